The quantitative estimate of drug-likeness (QED) is 0.639. The topological polar surface area (TPSA) is 55.1 Å². The van der Waals surface area contributed by atoms with Crippen LogP contribution in [0.4, 0.5) is 4.79 Å². The number of rotatable bonds is 3. The van der Waals surface area contributed by atoms with E-state index in [9.17, 15) is 4.79 Å². The van der Waals surface area contributed by atoms with Crippen molar-refractivity contribution in [2.24, 2.45) is 17.6 Å². The van der Waals surface area contributed by atoms with Gasteiger partial charge in [0.1, 0.15) is 0 Å². The molecule has 0 saturated carbocycles. The first-order chi connectivity index (χ1) is 4.95. The molecular formula is C8H18N2O. The highest BCUT2D eigenvalue weighted by Crippen LogP contribution is 2.10. The molecule has 0 rings (SSSR count). The van der Waals surface area contributed by atoms with Crippen LogP contribution in [0.3, 0.4) is 0 Å². The third kappa shape index (κ3) is 3.86. The molecule has 3 heteroatoms. The van der Waals surface area contributed by atoms with E-state index in [-0.39, 0.29) is 6.04 Å². The van der Waals surface area contributed by atoms with Crippen molar-refractivity contribution in [3.63, 3.8) is 0 Å². The number of carbonyl (C=O) groups is 1. The highest BCUT2D eigenvalue weighted by molar-refractivity contribution is 5.72. The maximum absolute atomic E-state index is 10.5. The van der Waals surface area contributed by atoms with Crippen molar-refractivity contribution in [3.05, 3.63) is 0 Å². The van der Waals surface area contributed by atoms with Crippen LogP contribution in [0, 0.1) is 11.8 Å². The number of nitrogens with two attached hydrogens (primary N) is 1. The van der Waals surface area contributed by atoms with Gasteiger partial charge in [-0.15, -0.1) is 0 Å². The predicted molar refractivity (Wildman–Crippen MR) is 46.2 cm³/mol. The predicted octanol–water partition coefficient (Wildman–Crippen LogP) is 1.34. The second kappa shape index (κ2) is 4.21. The van der Waals surface area contributed by atoms with Crippen molar-refractivity contribution in [1.82, 2.24) is 5.32 Å². The zero-order valence-electron chi connectivity index (χ0n) is 7.72. The maximum Gasteiger partial charge on any atom is 0.312 e. The lowest BCUT2D eigenvalue weighted by molar-refractivity contribution is 0.233. The second-order valence-electron chi connectivity index (χ2n) is 3.52. The Morgan fingerprint density at radius 2 is 1.55 bits per heavy atom. The first-order valence-corrected chi connectivity index (χ1v) is 4.01. The Morgan fingerprint density at radius 1 is 1.18 bits per heavy atom. The molecule has 0 aromatic carbocycles. The lowest BCUT2D eigenvalue weighted by Crippen LogP contribution is -2.44. The Morgan fingerprint density at radius 3 is 1.64 bits per heavy atom. The Labute approximate surface area is 68.3 Å². The SMILES string of the molecule is CC(C)C(NC(N)=O)C(C)C. The van der Waals surface area contributed by atoms with E-state index < -0.39 is 6.03 Å². The number of amides is 2. The highest BCUT2D eigenvalue weighted by atomic mass is 16.2. The molecule has 0 aromatic heterocycles. The Kier molecular flexibility index (Phi) is 3.93. The molecule has 2 amide bonds. The van der Waals surface area contributed by atoms with Gasteiger partial charge in [-0.1, -0.05) is 27.7 Å². The van der Waals surface area contributed by atoms with Crippen molar-refractivity contribution >= 4 is 6.03 Å². The van der Waals surface area contributed by atoms with E-state index in [2.05, 4.69) is 33.0 Å². The van der Waals surface area contributed by atoms with Crippen molar-refractivity contribution < 1.29 is 4.79 Å². The number of carbonyl (C=O) groups excluding carboxylic acids is 1. The van der Waals surface area contributed by atoms with Crippen LogP contribution in [0.2, 0.25) is 0 Å². The van der Waals surface area contributed by atoms with Gasteiger partial charge in [-0.2, -0.15) is 0 Å². The summed E-state index contributed by atoms with van der Waals surface area (Å²) in [6.07, 6.45) is 0. The molecule has 0 aromatic rings. The van der Waals surface area contributed by atoms with E-state index in [1.165, 1.54) is 0 Å². The molecule has 3 nitrogen and oxygen atoms in total. The van der Waals surface area contributed by atoms with Gasteiger partial charge in [0.05, 0.1) is 0 Å². The van der Waals surface area contributed by atoms with Gasteiger partial charge >= 0.3 is 6.03 Å². The van der Waals surface area contributed by atoms with Crippen LogP contribution in [0.5, 0.6) is 0 Å². The fraction of sp³-hybridized carbons (Fsp3) is 0.875. The molecule has 66 valence electrons. The summed E-state index contributed by atoms with van der Waals surface area (Å²) in [6.45, 7) is 8.28. The molecule has 0 heterocycles. The van der Waals surface area contributed by atoms with Crippen molar-refractivity contribution in [2.75, 3.05) is 0 Å². The Hall–Kier alpha value is -0.730. The molecule has 0 spiro atoms. The van der Waals surface area contributed by atoms with E-state index in [1.54, 1.807) is 0 Å². The molecule has 0 unspecified atom stereocenters. The van der Waals surface area contributed by atoms with Gasteiger partial charge in [-0.05, 0) is 11.8 Å². The molecule has 0 radical (unpaired) electrons. The molecule has 0 fully saturated rings. The second-order valence-corrected chi connectivity index (χ2v) is 3.52. The molecule has 0 aliphatic rings. The molecule has 11 heavy (non-hydrogen) atoms. The van der Waals surface area contributed by atoms with Crippen LogP contribution >= 0.6 is 0 Å². The maximum atomic E-state index is 10.5. The Balaban J connectivity index is 4.00. The largest absolute Gasteiger partial charge is 0.352 e. The summed E-state index contributed by atoms with van der Waals surface area (Å²) >= 11 is 0. The fourth-order valence-corrected chi connectivity index (χ4v) is 1.27. The summed E-state index contributed by atoms with van der Waals surface area (Å²) in [5.74, 6) is 0.866. The summed E-state index contributed by atoms with van der Waals surface area (Å²) in [6, 6.07) is -0.245. The average molecular weight is 158 g/mol. The zero-order valence-corrected chi connectivity index (χ0v) is 7.72. The summed E-state index contributed by atoms with van der Waals surface area (Å²) in [5, 5.41) is 2.72. The number of nitrogens with one attached hydrogen (secondary N) is 1. The molecule has 0 bridgehead atoms. The van der Waals surface area contributed by atoms with Crippen LogP contribution in [0.1, 0.15) is 27.7 Å². The average Bonchev–Trinajstić information content (AvgIpc) is 1.81. The molecule has 3 N–H and O–H groups in total. The van der Waals surface area contributed by atoms with E-state index in [0.29, 0.717) is 11.8 Å². The Bertz CT molecular complexity index is 124. The van der Waals surface area contributed by atoms with Gasteiger partial charge in [0, 0.05) is 6.04 Å². The van der Waals surface area contributed by atoms with E-state index in [4.69, 9.17) is 5.73 Å². The van der Waals surface area contributed by atoms with Crippen LogP contribution in [-0.4, -0.2) is 12.1 Å². The van der Waals surface area contributed by atoms with Gasteiger partial charge in [0.25, 0.3) is 0 Å². The number of hydrogen-bond acceptors (Lipinski definition) is 1. The summed E-state index contributed by atoms with van der Waals surface area (Å²) in [7, 11) is 0. The van der Waals surface area contributed by atoms with Gasteiger partial charge in [0.2, 0.25) is 0 Å². The van der Waals surface area contributed by atoms with Gasteiger partial charge < -0.3 is 11.1 Å². The number of urea groups is 1. The summed E-state index contributed by atoms with van der Waals surface area (Å²) in [4.78, 5) is 10.5. The fourth-order valence-electron chi connectivity index (χ4n) is 1.27. The summed E-state index contributed by atoms with van der Waals surface area (Å²) in [5.41, 5.74) is 5.02. The van der Waals surface area contributed by atoms with Crippen LogP contribution in [0.25, 0.3) is 0 Å². The normalized spacial score (nSPS) is 11.2. The monoisotopic (exact) mass is 158 g/mol. The lowest BCUT2D eigenvalue weighted by Gasteiger charge is -2.24. The minimum absolute atomic E-state index is 0.187. The first kappa shape index (κ1) is 10.3. The van der Waals surface area contributed by atoms with E-state index >= 15 is 0 Å². The lowest BCUT2D eigenvalue weighted by atomic mass is 9.93. The molecule has 0 aliphatic carbocycles. The smallest absolute Gasteiger partial charge is 0.312 e. The van der Waals surface area contributed by atoms with Crippen LogP contribution in [0.15, 0.2) is 0 Å². The van der Waals surface area contributed by atoms with E-state index in [1.807, 2.05) is 0 Å². The van der Waals surface area contributed by atoms with Crippen LogP contribution in [-0.2, 0) is 0 Å². The van der Waals surface area contributed by atoms with Crippen molar-refractivity contribution in [2.45, 2.75) is 33.7 Å². The third-order valence-corrected chi connectivity index (χ3v) is 1.75. The third-order valence-electron chi connectivity index (χ3n) is 1.75. The number of hydrogen-bond donors (Lipinski definition) is 2. The van der Waals surface area contributed by atoms with Gasteiger partial charge in [-0.25, -0.2) is 4.79 Å². The molecule has 0 aliphatic heterocycles. The summed E-state index contributed by atoms with van der Waals surface area (Å²) < 4.78 is 0. The zero-order chi connectivity index (χ0) is 9.02. The van der Waals surface area contributed by atoms with Crippen molar-refractivity contribution in [3.8, 4) is 0 Å². The minimum Gasteiger partial charge on any atom is -0.352 e. The minimum atomic E-state index is -0.433. The van der Waals surface area contributed by atoms with E-state index in [0.717, 1.165) is 0 Å². The first-order valence-electron chi connectivity index (χ1n) is 4.01. The highest BCUT2D eigenvalue weighted by Gasteiger charge is 2.17. The van der Waals surface area contributed by atoms with Gasteiger partial charge in [0.15, 0.2) is 0 Å². The standard InChI is InChI=1S/C8H18N2O/c1-5(2)7(6(3)4)10-8(9)11/h5-7H,1-4H3,(H3,9,10,11). The molecule has 0 saturated heterocycles. The molecule has 0 atom stereocenters. The molecular weight excluding hydrogens is 140 g/mol. The van der Waals surface area contributed by atoms with Crippen LogP contribution < -0.4 is 11.1 Å². The van der Waals surface area contributed by atoms with Gasteiger partial charge in [-0.3, -0.25) is 0 Å². The van der Waals surface area contributed by atoms with Crippen molar-refractivity contribution in [1.29, 1.82) is 0 Å². The number of primary amides is 1.